The molecule has 0 unspecified atom stereocenters. The number of hydrogen-bond acceptors (Lipinski definition) is 5. The van der Waals surface area contributed by atoms with Crippen molar-refractivity contribution in [3.8, 4) is 0 Å². The molecule has 0 aliphatic rings. The molecule has 16 heavy (non-hydrogen) atoms. The van der Waals surface area contributed by atoms with Gasteiger partial charge in [-0.3, -0.25) is 5.43 Å². The molecule has 3 rings (SSSR count). The number of nitrogens with two attached hydrogens (primary N) is 1. The van der Waals surface area contributed by atoms with Crippen LogP contribution in [0.3, 0.4) is 0 Å². The van der Waals surface area contributed by atoms with Crippen molar-refractivity contribution in [2.75, 3.05) is 5.43 Å². The van der Waals surface area contributed by atoms with E-state index in [0.29, 0.717) is 5.65 Å². The Kier molecular flexibility index (Phi) is 2.01. The molecule has 0 aliphatic heterocycles. The number of benzene rings is 1. The summed E-state index contributed by atoms with van der Waals surface area (Å²) in [7, 11) is 0. The molecule has 0 bridgehead atoms. The normalized spacial score (nSPS) is 11.1. The maximum Gasteiger partial charge on any atom is 0.258 e. The molecule has 0 atom stereocenters. The molecule has 3 aromatic rings. The van der Waals surface area contributed by atoms with E-state index >= 15 is 0 Å². The Morgan fingerprint density at radius 2 is 2.19 bits per heavy atom. The number of aromatic nitrogens is 4. The van der Waals surface area contributed by atoms with Crippen LogP contribution in [-0.2, 0) is 0 Å². The van der Waals surface area contributed by atoms with Crippen LogP contribution < -0.4 is 11.3 Å². The summed E-state index contributed by atoms with van der Waals surface area (Å²) >= 11 is 3.42. The first-order valence-corrected chi connectivity index (χ1v) is 5.35. The SMILES string of the molecule is NNc1nnc2c(n1)[nH]c1ccc(Br)cc12. The van der Waals surface area contributed by atoms with E-state index < -0.39 is 0 Å². The second-order valence-corrected chi connectivity index (χ2v) is 4.21. The summed E-state index contributed by atoms with van der Waals surface area (Å²) in [5.74, 6) is 5.51. The minimum atomic E-state index is 0.290. The summed E-state index contributed by atoms with van der Waals surface area (Å²) in [4.78, 5) is 7.33. The predicted octanol–water partition coefficient (Wildman–Crippen LogP) is 1.55. The number of nitrogen functional groups attached to an aromatic ring is 1. The Morgan fingerprint density at radius 1 is 1.31 bits per heavy atom. The van der Waals surface area contributed by atoms with E-state index in [1.165, 1.54) is 0 Å². The molecule has 80 valence electrons. The van der Waals surface area contributed by atoms with Gasteiger partial charge < -0.3 is 4.98 Å². The van der Waals surface area contributed by atoms with Crippen molar-refractivity contribution < 1.29 is 0 Å². The molecule has 1 aromatic carbocycles. The van der Waals surface area contributed by atoms with Crippen LogP contribution in [0.4, 0.5) is 5.95 Å². The van der Waals surface area contributed by atoms with Gasteiger partial charge in [-0.05, 0) is 18.2 Å². The Morgan fingerprint density at radius 3 is 3.00 bits per heavy atom. The zero-order valence-electron chi connectivity index (χ0n) is 8.03. The number of hydrogen-bond donors (Lipinski definition) is 3. The maximum absolute atomic E-state index is 5.22. The molecule has 4 N–H and O–H groups in total. The third-order valence-corrected chi connectivity index (χ3v) is 2.80. The first kappa shape index (κ1) is 9.49. The lowest BCUT2D eigenvalue weighted by Crippen LogP contribution is -2.10. The van der Waals surface area contributed by atoms with Crippen molar-refractivity contribution in [3.63, 3.8) is 0 Å². The highest BCUT2D eigenvalue weighted by Crippen LogP contribution is 2.25. The zero-order valence-corrected chi connectivity index (χ0v) is 9.62. The summed E-state index contributed by atoms with van der Waals surface area (Å²) in [6.07, 6.45) is 0. The highest BCUT2D eigenvalue weighted by Gasteiger charge is 2.08. The van der Waals surface area contributed by atoms with Crippen molar-refractivity contribution in [2.45, 2.75) is 0 Å². The van der Waals surface area contributed by atoms with Crippen LogP contribution in [0.5, 0.6) is 0 Å². The van der Waals surface area contributed by atoms with Gasteiger partial charge in [0, 0.05) is 15.4 Å². The molecule has 0 aliphatic carbocycles. The van der Waals surface area contributed by atoms with Crippen LogP contribution in [0.15, 0.2) is 22.7 Å². The minimum Gasteiger partial charge on any atom is -0.338 e. The number of aromatic amines is 1. The zero-order chi connectivity index (χ0) is 11.1. The molecular weight excluding hydrogens is 272 g/mol. The average molecular weight is 279 g/mol. The second kappa shape index (κ2) is 3.39. The fourth-order valence-electron chi connectivity index (χ4n) is 1.60. The summed E-state index contributed by atoms with van der Waals surface area (Å²) < 4.78 is 0.990. The number of nitrogens with one attached hydrogen (secondary N) is 2. The van der Waals surface area contributed by atoms with Crippen LogP contribution in [0.1, 0.15) is 0 Å². The Hall–Kier alpha value is -1.73. The Labute approximate surface area is 98.4 Å². The van der Waals surface area contributed by atoms with Gasteiger partial charge in [0.25, 0.3) is 5.95 Å². The van der Waals surface area contributed by atoms with Gasteiger partial charge in [-0.15, -0.1) is 10.2 Å². The lowest BCUT2D eigenvalue weighted by molar-refractivity contribution is 1.01. The van der Waals surface area contributed by atoms with Crippen LogP contribution >= 0.6 is 15.9 Å². The van der Waals surface area contributed by atoms with Gasteiger partial charge in [-0.1, -0.05) is 15.9 Å². The van der Waals surface area contributed by atoms with E-state index in [2.05, 4.69) is 41.5 Å². The van der Waals surface area contributed by atoms with E-state index in [1.807, 2.05) is 18.2 Å². The Bertz CT molecular complexity index is 676. The van der Waals surface area contributed by atoms with Gasteiger partial charge >= 0.3 is 0 Å². The molecule has 0 saturated heterocycles. The van der Waals surface area contributed by atoms with Gasteiger partial charge in [-0.2, -0.15) is 4.98 Å². The number of rotatable bonds is 1. The van der Waals surface area contributed by atoms with Crippen molar-refractivity contribution in [3.05, 3.63) is 22.7 Å². The topological polar surface area (TPSA) is 92.5 Å². The molecule has 0 saturated carbocycles. The highest BCUT2D eigenvalue weighted by atomic mass is 79.9. The van der Waals surface area contributed by atoms with Crippen LogP contribution in [0, 0.1) is 0 Å². The second-order valence-electron chi connectivity index (χ2n) is 3.29. The lowest BCUT2D eigenvalue weighted by atomic mass is 10.2. The van der Waals surface area contributed by atoms with Gasteiger partial charge in [0.15, 0.2) is 5.65 Å². The summed E-state index contributed by atoms with van der Waals surface area (Å²) in [6, 6.07) is 5.88. The van der Waals surface area contributed by atoms with Crippen molar-refractivity contribution in [1.82, 2.24) is 20.2 Å². The molecule has 0 radical (unpaired) electrons. The van der Waals surface area contributed by atoms with Gasteiger partial charge in [0.05, 0.1) is 0 Å². The number of anilines is 1. The van der Waals surface area contributed by atoms with E-state index in [-0.39, 0.29) is 5.95 Å². The molecule has 2 heterocycles. The third kappa shape index (κ3) is 1.33. The van der Waals surface area contributed by atoms with E-state index in [9.17, 15) is 0 Å². The first-order chi connectivity index (χ1) is 7.78. The lowest BCUT2D eigenvalue weighted by Gasteiger charge is -1.94. The summed E-state index contributed by atoms with van der Waals surface area (Å²) in [5, 5.41) is 8.90. The number of fused-ring (bicyclic) bond motifs is 3. The molecule has 0 amide bonds. The monoisotopic (exact) mass is 278 g/mol. The molecule has 6 nitrogen and oxygen atoms in total. The number of hydrazine groups is 1. The van der Waals surface area contributed by atoms with Gasteiger partial charge in [0.1, 0.15) is 5.52 Å². The fourth-order valence-corrected chi connectivity index (χ4v) is 1.97. The molecule has 0 fully saturated rings. The smallest absolute Gasteiger partial charge is 0.258 e. The average Bonchev–Trinajstić information content (AvgIpc) is 2.66. The largest absolute Gasteiger partial charge is 0.338 e. The quantitative estimate of drug-likeness (QED) is 0.464. The number of nitrogens with zero attached hydrogens (tertiary/aromatic N) is 3. The predicted molar refractivity (Wildman–Crippen MR) is 64.7 cm³/mol. The fraction of sp³-hybridized carbons (Fsp3) is 0. The van der Waals surface area contributed by atoms with E-state index in [4.69, 9.17) is 5.84 Å². The molecule has 2 aromatic heterocycles. The maximum atomic E-state index is 5.22. The van der Waals surface area contributed by atoms with Gasteiger partial charge in [-0.25, -0.2) is 5.84 Å². The van der Waals surface area contributed by atoms with Crippen molar-refractivity contribution in [1.29, 1.82) is 0 Å². The van der Waals surface area contributed by atoms with E-state index in [1.54, 1.807) is 0 Å². The Balaban J connectivity index is 2.41. The van der Waals surface area contributed by atoms with Crippen LogP contribution in [0.25, 0.3) is 22.1 Å². The number of halogens is 1. The standard InChI is InChI=1S/C9H7BrN6/c10-4-1-2-6-5(3-4)7-8(12-6)13-9(14-11)16-15-7/h1-3H,11H2,(H2,12,13,14,16). The van der Waals surface area contributed by atoms with Crippen molar-refractivity contribution >= 4 is 43.9 Å². The van der Waals surface area contributed by atoms with Gasteiger partial charge in [0.2, 0.25) is 0 Å². The molecule has 7 heteroatoms. The highest BCUT2D eigenvalue weighted by molar-refractivity contribution is 9.10. The van der Waals surface area contributed by atoms with Crippen LogP contribution in [0.2, 0.25) is 0 Å². The third-order valence-electron chi connectivity index (χ3n) is 2.31. The summed E-state index contributed by atoms with van der Waals surface area (Å²) in [6.45, 7) is 0. The summed E-state index contributed by atoms with van der Waals surface area (Å²) in [5.41, 5.74) is 4.72. The van der Waals surface area contributed by atoms with E-state index in [0.717, 1.165) is 20.9 Å². The number of H-pyrrole nitrogens is 1. The first-order valence-electron chi connectivity index (χ1n) is 4.56. The molecule has 0 spiro atoms. The van der Waals surface area contributed by atoms with Crippen LogP contribution in [-0.4, -0.2) is 20.2 Å². The van der Waals surface area contributed by atoms with Crippen molar-refractivity contribution in [2.24, 2.45) is 5.84 Å². The molecular formula is C9H7BrN6. The minimum absolute atomic E-state index is 0.290.